The van der Waals surface area contributed by atoms with E-state index in [9.17, 15) is 0 Å². The molecule has 0 aromatic heterocycles. The Balaban J connectivity index is 2.18. The third-order valence-electron chi connectivity index (χ3n) is 3.87. The monoisotopic (exact) mass is 311 g/mol. The van der Waals surface area contributed by atoms with Crippen molar-refractivity contribution in [1.29, 1.82) is 0 Å². The molecule has 1 unspecified atom stereocenters. The Morgan fingerprint density at radius 2 is 1.83 bits per heavy atom. The van der Waals surface area contributed by atoms with E-state index < -0.39 is 0 Å². The highest BCUT2D eigenvalue weighted by atomic mass is 79.9. The van der Waals surface area contributed by atoms with Gasteiger partial charge < -0.3 is 15.2 Å². The molecular formula is C14H18BrNO2. The fourth-order valence-corrected chi connectivity index (χ4v) is 3.74. The third kappa shape index (κ3) is 1.74. The summed E-state index contributed by atoms with van der Waals surface area (Å²) in [5.41, 5.74) is 9.64. The lowest BCUT2D eigenvalue weighted by atomic mass is 9.89. The van der Waals surface area contributed by atoms with Gasteiger partial charge in [0.25, 0.3) is 0 Å². The molecule has 0 saturated heterocycles. The van der Waals surface area contributed by atoms with Gasteiger partial charge in [-0.05, 0) is 34.8 Å². The number of benzene rings is 1. The van der Waals surface area contributed by atoms with Crippen molar-refractivity contribution in [3.05, 3.63) is 21.2 Å². The van der Waals surface area contributed by atoms with E-state index in [2.05, 4.69) is 22.9 Å². The van der Waals surface area contributed by atoms with E-state index in [0.29, 0.717) is 12.5 Å². The highest BCUT2D eigenvalue weighted by Gasteiger charge is 2.32. The van der Waals surface area contributed by atoms with Crippen LogP contribution in [-0.4, -0.2) is 19.8 Å². The topological polar surface area (TPSA) is 44.5 Å². The number of fused-ring (bicyclic) bond motifs is 2. The van der Waals surface area contributed by atoms with Gasteiger partial charge in [-0.3, -0.25) is 0 Å². The number of rotatable bonds is 3. The standard InChI is InChI=1S/C14H18BrNO2/c1-8(2-5-16)11-9-3-6-18-14(9)12(15)10-4-7-17-13(10)11/h8H,2-7,16H2,1H3. The van der Waals surface area contributed by atoms with Gasteiger partial charge in [0.1, 0.15) is 11.5 Å². The molecule has 3 rings (SSSR count). The SMILES string of the molecule is CC(CCN)c1c2c(c(Br)c3c1OCC3)OCC2. The molecule has 0 spiro atoms. The molecular weight excluding hydrogens is 294 g/mol. The molecule has 0 bridgehead atoms. The molecule has 0 radical (unpaired) electrons. The van der Waals surface area contributed by atoms with Gasteiger partial charge in [0.05, 0.1) is 17.7 Å². The summed E-state index contributed by atoms with van der Waals surface area (Å²) in [4.78, 5) is 0. The molecule has 2 aliphatic heterocycles. The summed E-state index contributed by atoms with van der Waals surface area (Å²) in [6, 6.07) is 0. The van der Waals surface area contributed by atoms with Crippen LogP contribution in [0.25, 0.3) is 0 Å². The van der Waals surface area contributed by atoms with Crippen molar-refractivity contribution in [2.45, 2.75) is 32.1 Å². The van der Waals surface area contributed by atoms with Gasteiger partial charge in [0.2, 0.25) is 0 Å². The van der Waals surface area contributed by atoms with E-state index >= 15 is 0 Å². The first-order valence-electron chi connectivity index (χ1n) is 6.56. The van der Waals surface area contributed by atoms with Crippen molar-refractivity contribution in [2.75, 3.05) is 19.8 Å². The van der Waals surface area contributed by atoms with Crippen LogP contribution in [0.4, 0.5) is 0 Å². The molecule has 1 atom stereocenters. The molecule has 1 aromatic rings. The van der Waals surface area contributed by atoms with Crippen LogP contribution in [0.3, 0.4) is 0 Å². The first-order valence-corrected chi connectivity index (χ1v) is 7.36. The Morgan fingerprint density at radius 1 is 1.17 bits per heavy atom. The van der Waals surface area contributed by atoms with Gasteiger partial charge >= 0.3 is 0 Å². The van der Waals surface area contributed by atoms with Gasteiger partial charge in [0, 0.05) is 29.5 Å². The largest absolute Gasteiger partial charge is 0.493 e. The molecule has 18 heavy (non-hydrogen) atoms. The lowest BCUT2D eigenvalue weighted by Crippen LogP contribution is -2.08. The van der Waals surface area contributed by atoms with Crippen LogP contribution in [0.1, 0.15) is 36.0 Å². The summed E-state index contributed by atoms with van der Waals surface area (Å²) in [6.07, 6.45) is 2.94. The number of hydrogen-bond donors (Lipinski definition) is 1. The Bertz CT molecular complexity index is 452. The van der Waals surface area contributed by atoms with Gasteiger partial charge in [-0.1, -0.05) is 6.92 Å². The van der Waals surface area contributed by atoms with Crippen molar-refractivity contribution >= 4 is 15.9 Å². The van der Waals surface area contributed by atoms with E-state index in [1.807, 2.05) is 0 Å². The van der Waals surface area contributed by atoms with Crippen LogP contribution >= 0.6 is 15.9 Å². The zero-order chi connectivity index (χ0) is 12.7. The summed E-state index contributed by atoms with van der Waals surface area (Å²) in [6.45, 7) is 4.50. The fourth-order valence-electron chi connectivity index (χ4n) is 3.00. The second-order valence-electron chi connectivity index (χ2n) is 5.02. The Labute approximate surface area is 116 Å². The van der Waals surface area contributed by atoms with Gasteiger partial charge in [-0.25, -0.2) is 0 Å². The van der Waals surface area contributed by atoms with Crippen LogP contribution in [0, 0.1) is 0 Å². The van der Waals surface area contributed by atoms with Crippen LogP contribution in [0.15, 0.2) is 4.47 Å². The maximum Gasteiger partial charge on any atom is 0.137 e. The molecule has 98 valence electrons. The Kier molecular flexibility index (Phi) is 3.24. The lowest BCUT2D eigenvalue weighted by molar-refractivity contribution is 0.350. The first-order chi connectivity index (χ1) is 8.74. The first kappa shape index (κ1) is 12.3. The Morgan fingerprint density at radius 3 is 2.56 bits per heavy atom. The zero-order valence-electron chi connectivity index (χ0n) is 10.6. The zero-order valence-corrected chi connectivity index (χ0v) is 12.2. The van der Waals surface area contributed by atoms with Crippen molar-refractivity contribution in [1.82, 2.24) is 0 Å². The molecule has 0 amide bonds. The molecule has 2 aliphatic rings. The van der Waals surface area contributed by atoms with Crippen LogP contribution in [0.2, 0.25) is 0 Å². The highest BCUT2D eigenvalue weighted by molar-refractivity contribution is 9.10. The van der Waals surface area contributed by atoms with Crippen LogP contribution in [-0.2, 0) is 12.8 Å². The maximum absolute atomic E-state index is 5.88. The van der Waals surface area contributed by atoms with Crippen molar-refractivity contribution in [2.24, 2.45) is 5.73 Å². The number of halogens is 1. The summed E-state index contributed by atoms with van der Waals surface area (Å²) in [7, 11) is 0. The predicted molar refractivity (Wildman–Crippen MR) is 74.6 cm³/mol. The average Bonchev–Trinajstić information content (AvgIpc) is 2.97. The van der Waals surface area contributed by atoms with Crippen LogP contribution in [0.5, 0.6) is 11.5 Å². The van der Waals surface area contributed by atoms with Crippen molar-refractivity contribution in [3.8, 4) is 11.5 Å². The minimum Gasteiger partial charge on any atom is -0.493 e. The van der Waals surface area contributed by atoms with Crippen LogP contribution < -0.4 is 15.2 Å². The van der Waals surface area contributed by atoms with E-state index in [-0.39, 0.29) is 0 Å². The van der Waals surface area contributed by atoms with E-state index in [4.69, 9.17) is 15.2 Å². The van der Waals surface area contributed by atoms with Gasteiger partial charge in [-0.2, -0.15) is 0 Å². The molecule has 2 heterocycles. The lowest BCUT2D eigenvalue weighted by Gasteiger charge is -2.19. The molecule has 3 nitrogen and oxygen atoms in total. The highest BCUT2D eigenvalue weighted by Crippen LogP contribution is 2.49. The number of ether oxygens (including phenoxy) is 2. The number of nitrogens with two attached hydrogens (primary N) is 1. The van der Waals surface area contributed by atoms with E-state index in [1.165, 1.54) is 16.7 Å². The van der Waals surface area contributed by atoms with E-state index in [1.54, 1.807) is 0 Å². The van der Waals surface area contributed by atoms with E-state index in [0.717, 1.165) is 48.4 Å². The second kappa shape index (κ2) is 4.74. The van der Waals surface area contributed by atoms with Crippen molar-refractivity contribution < 1.29 is 9.47 Å². The molecule has 0 saturated carbocycles. The van der Waals surface area contributed by atoms with Gasteiger partial charge in [0.15, 0.2) is 0 Å². The fraction of sp³-hybridized carbons (Fsp3) is 0.571. The summed E-state index contributed by atoms with van der Waals surface area (Å²) in [5, 5.41) is 0. The van der Waals surface area contributed by atoms with Gasteiger partial charge in [-0.15, -0.1) is 0 Å². The predicted octanol–water partition coefficient (Wildman–Crippen LogP) is 2.77. The smallest absolute Gasteiger partial charge is 0.137 e. The third-order valence-corrected chi connectivity index (χ3v) is 4.71. The molecule has 0 aliphatic carbocycles. The maximum atomic E-state index is 5.88. The molecule has 0 fully saturated rings. The summed E-state index contributed by atoms with van der Waals surface area (Å²) < 4.78 is 12.8. The molecule has 1 aromatic carbocycles. The summed E-state index contributed by atoms with van der Waals surface area (Å²) in [5.74, 6) is 2.57. The number of hydrogen-bond acceptors (Lipinski definition) is 3. The molecule has 4 heteroatoms. The minimum atomic E-state index is 0.436. The molecule has 2 N–H and O–H groups in total. The Hall–Kier alpha value is -0.740. The minimum absolute atomic E-state index is 0.436. The van der Waals surface area contributed by atoms with Crippen molar-refractivity contribution in [3.63, 3.8) is 0 Å². The normalized spacial score (nSPS) is 17.9. The summed E-state index contributed by atoms with van der Waals surface area (Å²) >= 11 is 3.68. The average molecular weight is 312 g/mol. The quantitative estimate of drug-likeness (QED) is 0.933. The second-order valence-corrected chi connectivity index (χ2v) is 5.81.